The molecule has 1 saturated heterocycles. The maximum Gasteiger partial charge on any atom is 0.255 e. The fraction of sp³-hybridized carbons (Fsp3) is 0.368. The van der Waals surface area contributed by atoms with E-state index in [0.717, 1.165) is 31.6 Å². The lowest BCUT2D eigenvalue weighted by Crippen LogP contribution is -2.37. The van der Waals surface area contributed by atoms with Crippen LogP contribution in [0.15, 0.2) is 35.3 Å². The SMILES string of the molecule is Cn1cnc(C(CNC(=O)c2coc3c(F)c(Cl)ccc23)N2CCCC2)c1. The van der Waals surface area contributed by atoms with E-state index in [1.807, 2.05) is 17.8 Å². The van der Waals surface area contributed by atoms with E-state index in [0.29, 0.717) is 17.5 Å². The molecule has 27 heavy (non-hydrogen) atoms. The first-order chi connectivity index (χ1) is 13.0. The third-order valence-electron chi connectivity index (χ3n) is 4.98. The maximum atomic E-state index is 14.0. The number of carbonyl (C=O) groups excluding carboxylic acids is 1. The van der Waals surface area contributed by atoms with Crippen LogP contribution in [-0.4, -0.2) is 40.0 Å². The van der Waals surface area contributed by atoms with E-state index in [2.05, 4.69) is 15.2 Å². The van der Waals surface area contributed by atoms with Gasteiger partial charge in [-0.3, -0.25) is 9.69 Å². The van der Waals surface area contributed by atoms with Gasteiger partial charge in [0.2, 0.25) is 0 Å². The van der Waals surface area contributed by atoms with E-state index < -0.39 is 5.82 Å². The number of nitrogens with one attached hydrogen (secondary N) is 1. The summed E-state index contributed by atoms with van der Waals surface area (Å²) < 4.78 is 21.2. The standard InChI is InChI=1S/C19H20ClFN4O2/c1-24-9-15(23-11-24)16(25-6-2-3-7-25)8-22-19(26)13-10-27-18-12(13)4-5-14(20)17(18)21/h4-5,9-11,16H,2-3,6-8H2,1H3,(H,22,26). The average molecular weight is 391 g/mol. The molecule has 1 fully saturated rings. The third-order valence-corrected chi connectivity index (χ3v) is 5.27. The minimum Gasteiger partial charge on any atom is -0.460 e. The number of fused-ring (bicyclic) bond motifs is 1. The van der Waals surface area contributed by atoms with Crippen molar-refractivity contribution in [2.45, 2.75) is 18.9 Å². The lowest BCUT2D eigenvalue weighted by atomic mass is 10.1. The lowest BCUT2D eigenvalue weighted by molar-refractivity contribution is 0.0938. The molecule has 142 valence electrons. The normalized spacial score (nSPS) is 16.1. The van der Waals surface area contributed by atoms with Gasteiger partial charge in [0.15, 0.2) is 11.4 Å². The van der Waals surface area contributed by atoms with Crippen molar-refractivity contribution in [2.24, 2.45) is 7.05 Å². The molecule has 4 rings (SSSR count). The zero-order valence-corrected chi connectivity index (χ0v) is 15.7. The molecular formula is C19H20ClFN4O2. The molecule has 1 N–H and O–H groups in total. The zero-order chi connectivity index (χ0) is 19.0. The average Bonchev–Trinajstić information content (AvgIpc) is 3.39. The van der Waals surface area contributed by atoms with Crippen LogP contribution in [0, 0.1) is 5.82 Å². The number of aryl methyl sites for hydroxylation is 1. The van der Waals surface area contributed by atoms with Crippen molar-refractivity contribution in [1.82, 2.24) is 19.8 Å². The smallest absolute Gasteiger partial charge is 0.255 e. The number of aromatic nitrogens is 2. The molecule has 1 atom stereocenters. The van der Waals surface area contributed by atoms with Gasteiger partial charge in [-0.25, -0.2) is 9.37 Å². The Balaban J connectivity index is 1.54. The molecule has 3 aromatic rings. The first kappa shape index (κ1) is 18.0. The molecule has 1 unspecified atom stereocenters. The summed E-state index contributed by atoms with van der Waals surface area (Å²) >= 11 is 5.77. The van der Waals surface area contributed by atoms with Gasteiger partial charge in [0, 0.05) is 25.2 Å². The van der Waals surface area contributed by atoms with Crippen molar-refractivity contribution in [1.29, 1.82) is 0 Å². The summed E-state index contributed by atoms with van der Waals surface area (Å²) in [5.41, 5.74) is 1.21. The van der Waals surface area contributed by atoms with Crippen LogP contribution in [0.1, 0.15) is 34.9 Å². The van der Waals surface area contributed by atoms with E-state index in [-0.39, 0.29) is 22.6 Å². The number of amides is 1. The second-order valence-electron chi connectivity index (χ2n) is 6.82. The van der Waals surface area contributed by atoms with Gasteiger partial charge in [0.1, 0.15) is 6.26 Å². The van der Waals surface area contributed by atoms with Crippen molar-refractivity contribution in [3.63, 3.8) is 0 Å². The van der Waals surface area contributed by atoms with Crippen LogP contribution in [-0.2, 0) is 7.05 Å². The Kier molecular flexibility index (Phi) is 4.88. The molecule has 1 amide bonds. The number of halogens is 2. The molecule has 0 spiro atoms. The molecular weight excluding hydrogens is 371 g/mol. The van der Waals surface area contributed by atoms with Gasteiger partial charge < -0.3 is 14.3 Å². The van der Waals surface area contributed by atoms with Crippen LogP contribution in [0.2, 0.25) is 5.02 Å². The van der Waals surface area contributed by atoms with Gasteiger partial charge in [0.25, 0.3) is 5.91 Å². The number of benzene rings is 1. The topological polar surface area (TPSA) is 63.3 Å². The Labute approximate surface area is 160 Å². The predicted molar refractivity (Wildman–Crippen MR) is 100 cm³/mol. The highest BCUT2D eigenvalue weighted by atomic mass is 35.5. The summed E-state index contributed by atoms with van der Waals surface area (Å²) in [5.74, 6) is -0.966. The summed E-state index contributed by atoms with van der Waals surface area (Å²) in [5, 5.41) is 3.32. The number of nitrogens with zero attached hydrogens (tertiary/aromatic N) is 3. The van der Waals surface area contributed by atoms with Crippen molar-refractivity contribution in [2.75, 3.05) is 19.6 Å². The molecule has 0 bridgehead atoms. The Morgan fingerprint density at radius 1 is 1.41 bits per heavy atom. The summed E-state index contributed by atoms with van der Waals surface area (Å²) in [6.07, 6.45) is 7.29. The first-order valence-corrected chi connectivity index (χ1v) is 9.27. The molecule has 2 aromatic heterocycles. The van der Waals surface area contributed by atoms with Crippen molar-refractivity contribution >= 4 is 28.5 Å². The number of imidazole rings is 1. The Hall–Kier alpha value is -2.38. The molecule has 0 radical (unpaired) electrons. The Bertz CT molecular complexity index is 977. The number of hydrogen-bond acceptors (Lipinski definition) is 4. The minimum absolute atomic E-state index is 0.00185. The zero-order valence-electron chi connectivity index (χ0n) is 14.9. The minimum atomic E-state index is -0.656. The van der Waals surface area contributed by atoms with Crippen LogP contribution in [0.4, 0.5) is 4.39 Å². The van der Waals surface area contributed by atoms with Gasteiger partial charge in [-0.05, 0) is 38.1 Å². The summed E-state index contributed by atoms with van der Waals surface area (Å²) in [6.45, 7) is 2.38. The highest BCUT2D eigenvalue weighted by Crippen LogP contribution is 2.29. The van der Waals surface area contributed by atoms with E-state index in [1.54, 1.807) is 12.4 Å². The number of rotatable bonds is 5. The van der Waals surface area contributed by atoms with Gasteiger partial charge >= 0.3 is 0 Å². The molecule has 6 nitrogen and oxygen atoms in total. The summed E-state index contributed by atoms with van der Waals surface area (Å²) in [7, 11) is 1.92. The number of likely N-dealkylation sites (tertiary alicyclic amines) is 1. The van der Waals surface area contributed by atoms with Crippen molar-refractivity contribution in [3.05, 3.63) is 53.0 Å². The number of hydrogen-bond donors (Lipinski definition) is 1. The largest absolute Gasteiger partial charge is 0.460 e. The van der Waals surface area contributed by atoms with E-state index in [4.69, 9.17) is 16.0 Å². The Morgan fingerprint density at radius 3 is 2.89 bits per heavy atom. The van der Waals surface area contributed by atoms with Crippen LogP contribution >= 0.6 is 11.6 Å². The number of furan rings is 1. The second-order valence-corrected chi connectivity index (χ2v) is 7.23. The van der Waals surface area contributed by atoms with E-state index in [1.165, 1.54) is 12.3 Å². The van der Waals surface area contributed by atoms with Gasteiger partial charge in [-0.2, -0.15) is 0 Å². The summed E-state index contributed by atoms with van der Waals surface area (Å²) in [6, 6.07) is 3.02. The fourth-order valence-electron chi connectivity index (χ4n) is 3.58. The number of carbonyl (C=O) groups is 1. The van der Waals surface area contributed by atoms with Gasteiger partial charge in [-0.15, -0.1) is 0 Å². The lowest BCUT2D eigenvalue weighted by Gasteiger charge is -2.26. The highest BCUT2D eigenvalue weighted by molar-refractivity contribution is 6.31. The first-order valence-electron chi connectivity index (χ1n) is 8.90. The highest BCUT2D eigenvalue weighted by Gasteiger charge is 2.26. The fourth-order valence-corrected chi connectivity index (χ4v) is 3.73. The quantitative estimate of drug-likeness (QED) is 0.724. The molecule has 0 saturated carbocycles. The van der Waals surface area contributed by atoms with Gasteiger partial charge in [-0.1, -0.05) is 11.6 Å². The van der Waals surface area contributed by atoms with E-state index >= 15 is 0 Å². The van der Waals surface area contributed by atoms with Crippen LogP contribution in [0.5, 0.6) is 0 Å². The second kappa shape index (κ2) is 7.32. The third kappa shape index (κ3) is 3.44. The van der Waals surface area contributed by atoms with Crippen LogP contribution < -0.4 is 5.32 Å². The molecule has 8 heteroatoms. The monoisotopic (exact) mass is 390 g/mol. The molecule has 0 aliphatic carbocycles. The van der Waals surface area contributed by atoms with Crippen molar-refractivity contribution in [3.8, 4) is 0 Å². The molecule has 1 aliphatic heterocycles. The van der Waals surface area contributed by atoms with Crippen molar-refractivity contribution < 1.29 is 13.6 Å². The Morgan fingerprint density at radius 2 is 2.19 bits per heavy atom. The summed E-state index contributed by atoms with van der Waals surface area (Å²) in [4.78, 5) is 19.5. The van der Waals surface area contributed by atoms with E-state index in [9.17, 15) is 9.18 Å². The molecule has 1 aromatic carbocycles. The molecule has 3 heterocycles. The molecule has 1 aliphatic rings. The maximum absolute atomic E-state index is 14.0. The van der Waals surface area contributed by atoms with Crippen LogP contribution in [0.3, 0.4) is 0 Å². The van der Waals surface area contributed by atoms with Gasteiger partial charge in [0.05, 0.1) is 28.6 Å². The van der Waals surface area contributed by atoms with Crippen LogP contribution in [0.25, 0.3) is 11.0 Å². The predicted octanol–water partition coefficient (Wildman–Crippen LogP) is 3.53.